The van der Waals surface area contributed by atoms with Crippen LogP contribution >= 0.6 is 11.6 Å². The van der Waals surface area contributed by atoms with Crippen molar-refractivity contribution in [3.8, 4) is 0 Å². The summed E-state index contributed by atoms with van der Waals surface area (Å²) in [5.74, 6) is -0.302. The molecule has 0 aliphatic rings. The number of unbranched alkanes of at least 4 members (excludes halogenated alkanes) is 3. The average molecular weight is 312 g/mol. The summed E-state index contributed by atoms with van der Waals surface area (Å²) in [5, 5.41) is 5.60. The van der Waals surface area contributed by atoms with E-state index in [2.05, 4.69) is 10.6 Å². The monoisotopic (exact) mass is 311 g/mol. The molecule has 6 heteroatoms. The zero-order valence-corrected chi connectivity index (χ0v) is 13.0. The SMILES string of the molecule is CNC(=O)c1ccc(NC(=O)CCCCCCN)cc1Cl. The van der Waals surface area contributed by atoms with E-state index < -0.39 is 0 Å². The van der Waals surface area contributed by atoms with Crippen molar-refractivity contribution in [2.75, 3.05) is 18.9 Å². The topological polar surface area (TPSA) is 84.2 Å². The molecule has 0 aliphatic heterocycles. The second kappa shape index (κ2) is 9.37. The minimum absolute atomic E-state index is 0.0495. The van der Waals surface area contributed by atoms with Crippen molar-refractivity contribution in [2.24, 2.45) is 5.73 Å². The molecule has 0 aliphatic carbocycles. The second-order valence-corrected chi connectivity index (χ2v) is 5.18. The van der Waals surface area contributed by atoms with Crippen LogP contribution in [0, 0.1) is 0 Å². The summed E-state index contributed by atoms with van der Waals surface area (Å²) in [6.07, 6.45) is 4.37. The van der Waals surface area contributed by atoms with Gasteiger partial charge in [0, 0.05) is 19.2 Å². The van der Waals surface area contributed by atoms with Crippen LogP contribution < -0.4 is 16.4 Å². The maximum Gasteiger partial charge on any atom is 0.252 e. The summed E-state index contributed by atoms with van der Waals surface area (Å²) in [5.41, 5.74) is 6.39. The molecule has 0 fully saturated rings. The van der Waals surface area contributed by atoms with Crippen LogP contribution in [0.5, 0.6) is 0 Å². The predicted octanol–water partition coefficient (Wildman–Crippen LogP) is 2.55. The van der Waals surface area contributed by atoms with Gasteiger partial charge in [-0.25, -0.2) is 0 Å². The smallest absolute Gasteiger partial charge is 0.252 e. The lowest BCUT2D eigenvalue weighted by Gasteiger charge is -2.08. The van der Waals surface area contributed by atoms with Gasteiger partial charge in [-0.1, -0.05) is 24.4 Å². The fraction of sp³-hybridized carbons (Fsp3) is 0.467. The van der Waals surface area contributed by atoms with Gasteiger partial charge in [0.25, 0.3) is 5.91 Å². The van der Waals surface area contributed by atoms with Crippen LogP contribution in [-0.2, 0) is 4.79 Å². The van der Waals surface area contributed by atoms with Gasteiger partial charge in [0.05, 0.1) is 10.6 Å². The number of hydrogen-bond donors (Lipinski definition) is 3. The molecule has 21 heavy (non-hydrogen) atoms. The summed E-state index contributed by atoms with van der Waals surface area (Å²) in [6.45, 7) is 0.697. The Morgan fingerprint density at radius 1 is 1.19 bits per heavy atom. The van der Waals surface area contributed by atoms with Gasteiger partial charge in [-0.05, 0) is 37.6 Å². The van der Waals surface area contributed by atoms with Crippen molar-refractivity contribution >= 4 is 29.1 Å². The molecule has 0 unspecified atom stereocenters. The molecule has 116 valence electrons. The number of halogens is 1. The highest BCUT2D eigenvalue weighted by Gasteiger charge is 2.10. The molecule has 0 atom stereocenters. The summed E-state index contributed by atoms with van der Waals surface area (Å²) in [6, 6.07) is 4.85. The Morgan fingerprint density at radius 2 is 1.90 bits per heavy atom. The molecule has 4 N–H and O–H groups in total. The summed E-state index contributed by atoms with van der Waals surface area (Å²) in [4.78, 5) is 23.3. The van der Waals surface area contributed by atoms with Gasteiger partial charge in [-0.2, -0.15) is 0 Å². The van der Waals surface area contributed by atoms with E-state index in [0.29, 0.717) is 29.2 Å². The average Bonchev–Trinajstić information content (AvgIpc) is 2.46. The normalized spacial score (nSPS) is 10.2. The van der Waals surface area contributed by atoms with Crippen LogP contribution in [-0.4, -0.2) is 25.4 Å². The van der Waals surface area contributed by atoms with Crippen molar-refractivity contribution in [2.45, 2.75) is 32.1 Å². The Hall–Kier alpha value is -1.59. The van der Waals surface area contributed by atoms with E-state index in [9.17, 15) is 9.59 Å². The zero-order chi connectivity index (χ0) is 15.7. The Labute approximate surface area is 130 Å². The van der Waals surface area contributed by atoms with E-state index in [1.165, 1.54) is 0 Å². The molecule has 0 radical (unpaired) electrons. The summed E-state index contributed by atoms with van der Waals surface area (Å²) in [7, 11) is 1.54. The van der Waals surface area contributed by atoms with Crippen LogP contribution in [0.15, 0.2) is 18.2 Å². The number of amides is 2. The van der Waals surface area contributed by atoms with Gasteiger partial charge >= 0.3 is 0 Å². The van der Waals surface area contributed by atoms with Crippen LogP contribution in [0.4, 0.5) is 5.69 Å². The second-order valence-electron chi connectivity index (χ2n) is 4.77. The predicted molar refractivity (Wildman–Crippen MR) is 85.6 cm³/mol. The highest BCUT2D eigenvalue weighted by atomic mass is 35.5. The van der Waals surface area contributed by atoms with Crippen LogP contribution in [0.25, 0.3) is 0 Å². The zero-order valence-electron chi connectivity index (χ0n) is 12.2. The van der Waals surface area contributed by atoms with Gasteiger partial charge in [0.2, 0.25) is 5.91 Å². The molecule has 0 bridgehead atoms. The van der Waals surface area contributed by atoms with Gasteiger partial charge in [0.15, 0.2) is 0 Å². The largest absolute Gasteiger partial charge is 0.355 e. The number of benzene rings is 1. The molecule has 2 amide bonds. The molecule has 5 nitrogen and oxygen atoms in total. The minimum Gasteiger partial charge on any atom is -0.355 e. The highest BCUT2D eigenvalue weighted by Crippen LogP contribution is 2.21. The van der Waals surface area contributed by atoms with Crippen LogP contribution in [0.1, 0.15) is 42.5 Å². The number of carbonyl (C=O) groups excluding carboxylic acids is 2. The first-order valence-electron chi connectivity index (χ1n) is 7.10. The van der Waals surface area contributed by atoms with E-state index in [0.717, 1.165) is 25.7 Å². The first-order chi connectivity index (χ1) is 10.1. The lowest BCUT2D eigenvalue weighted by Crippen LogP contribution is -2.18. The van der Waals surface area contributed by atoms with E-state index in [-0.39, 0.29) is 11.8 Å². The Kier molecular flexibility index (Phi) is 7.79. The van der Waals surface area contributed by atoms with Crippen molar-refractivity contribution in [1.29, 1.82) is 0 Å². The molecule has 0 heterocycles. The van der Waals surface area contributed by atoms with Crippen molar-refractivity contribution in [3.63, 3.8) is 0 Å². The van der Waals surface area contributed by atoms with Crippen LogP contribution in [0.3, 0.4) is 0 Å². The van der Waals surface area contributed by atoms with E-state index in [1.807, 2.05) is 0 Å². The van der Waals surface area contributed by atoms with Crippen molar-refractivity contribution in [1.82, 2.24) is 5.32 Å². The summed E-state index contributed by atoms with van der Waals surface area (Å²) >= 11 is 6.02. The third-order valence-electron chi connectivity index (χ3n) is 3.08. The van der Waals surface area contributed by atoms with E-state index >= 15 is 0 Å². The molecule has 1 aromatic rings. The maximum atomic E-state index is 11.8. The van der Waals surface area contributed by atoms with Gasteiger partial charge in [0.1, 0.15) is 0 Å². The lowest BCUT2D eigenvalue weighted by atomic mass is 10.1. The van der Waals surface area contributed by atoms with Gasteiger partial charge in [-0.15, -0.1) is 0 Å². The third kappa shape index (κ3) is 6.14. The number of hydrogen-bond acceptors (Lipinski definition) is 3. The third-order valence-corrected chi connectivity index (χ3v) is 3.40. The number of nitrogens with one attached hydrogen (secondary N) is 2. The molecule has 0 spiro atoms. The fourth-order valence-electron chi connectivity index (χ4n) is 1.92. The molecular formula is C15H22ClN3O2. The number of rotatable bonds is 8. The quantitative estimate of drug-likeness (QED) is 0.645. The van der Waals surface area contributed by atoms with Crippen molar-refractivity contribution < 1.29 is 9.59 Å². The minimum atomic E-state index is -0.252. The highest BCUT2D eigenvalue weighted by molar-refractivity contribution is 6.34. The Balaban J connectivity index is 2.46. The molecular weight excluding hydrogens is 290 g/mol. The van der Waals surface area contributed by atoms with Gasteiger partial charge in [-0.3, -0.25) is 9.59 Å². The number of carbonyl (C=O) groups is 2. The van der Waals surface area contributed by atoms with Crippen molar-refractivity contribution in [3.05, 3.63) is 28.8 Å². The fourth-order valence-corrected chi connectivity index (χ4v) is 2.18. The summed E-state index contributed by atoms with van der Waals surface area (Å²) < 4.78 is 0. The molecule has 1 aromatic carbocycles. The van der Waals surface area contributed by atoms with E-state index in [4.69, 9.17) is 17.3 Å². The van der Waals surface area contributed by atoms with Crippen LogP contribution in [0.2, 0.25) is 5.02 Å². The number of nitrogens with two attached hydrogens (primary N) is 1. The molecule has 1 rings (SSSR count). The first-order valence-corrected chi connectivity index (χ1v) is 7.48. The lowest BCUT2D eigenvalue weighted by molar-refractivity contribution is -0.116. The van der Waals surface area contributed by atoms with Gasteiger partial charge < -0.3 is 16.4 Å². The number of anilines is 1. The van der Waals surface area contributed by atoms with E-state index in [1.54, 1.807) is 25.2 Å². The Morgan fingerprint density at radius 3 is 2.52 bits per heavy atom. The molecule has 0 saturated heterocycles. The Bertz CT molecular complexity index is 492. The standard InChI is InChI=1S/C15H22ClN3O2/c1-18-15(21)12-8-7-11(10-13(12)16)19-14(20)6-4-2-3-5-9-17/h7-8,10H,2-6,9,17H2,1H3,(H,18,21)(H,19,20). The maximum absolute atomic E-state index is 11.8. The molecule has 0 saturated carbocycles. The molecule has 0 aromatic heterocycles. The first kappa shape index (κ1) is 17.5.